The van der Waals surface area contributed by atoms with Gasteiger partial charge in [0.05, 0.1) is 19.3 Å². The molecule has 0 saturated heterocycles. The number of hydrogen-bond acceptors (Lipinski definition) is 5. The van der Waals surface area contributed by atoms with Crippen molar-refractivity contribution in [3.05, 3.63) is 0 Å². The Morgan fingerprint density at radius 3 is 1.79 bits per heavy atom. The van der Waals surface area contributed by atoms with Gasteiger partial charge in [0.2, 0.25) is 0 Å². The van der Waals surface area contributed by atoms with Gasteiger partial charge in [-0.05, 0) is 33.6 Å². The summed E-state index contributed by atoms with van der Waals surface area (Å²) in [6.45, 7) is 11.9. The van der Waals surface area contributed by atoms with Crippen molar-refractivity contribution in [3.8, 4) is 0 Å². The molecule has 148 valence electrons. The van der Waals surface area contributed by atoms with Crippen LogP contribution in [0.1, 0.15) is 86.0 Å². The summed E-state index contributed by atoms with van der Waals surface area (Å²) in [6.07, 6.45) is 8.32. The van der Waals surface area contributed by atoms with E-state index in [-0.39, 0.29) is 12.6 Å². The Bertz CT molecular complexity index is 218. The molecule has 0 bridgehead atoms. The second kappa shape index (κ2) is 27.2. The molecule has 0 rings (SSSR count). The molecule has 0 saturated carbocycles. The average molecular weight is 351 g/mol. The van der Waals surface area contributed by atoms with Crippen molar-refractivity contribution in [1.82, 2.24) is 0 Å². The van der Waals surface area contributed by atoms with Crippen LogP contribution in [0.15, 0.2) is 0 Å². The summed E-state index contributed by atoms with van der Waals surface area (Å²) in [5.41, 5.74) is 0. The van der Waals surface area contributed by atoms with E-state index < -0.39 is 6.10 Å². The van der Waals surface area contributed by atoms with Crippen LogP contribution in [0.5, 0.6) is 0 Å². The molecule has 2 N–H and O–H groups in total. The number of ether oxygens (including phenoxy) is 2. The van der Waals surface area contributed by atoms with Crippen LogP contribution in [0.3, 0.4) is 0 Å². The normalized spacial score (nSPS) is 10.8. The van der Waals surface area contributed by atoms with Gasteiger partial charge < -0.3 is 19.7 Å². The Labute approximate surface area is 149 Å². The van der Waals surface area contributed by atoms with E-state index in [1.54, 1.807) is 0 Å². The molecular weight excluding hydrogens is 308 g/mol. The summed E-state index contributed by atoms with van der Waals surface area (Å²) in [6, 6.07) is 0. The maximum absolute atomic E-state index is 11.0. The molecule has 0 aromatic rings. The van der Waals surface area contributed by atoms with Crippen molar-refractivity contribution in [2.75, 3.05) is 26.4 Å². The van der Waals surface area contributed by atoms with E-state index >= 15 is 0 Å². The lowest BCUT2D eigenvalue weighted by Gasteiger charge is -2.03. The first kappa shape index (κ1) is 28.2. The molecule has 0 spiro atoms. The molecule has 0 aliphatic heterocycles. The van der Waals surface area contributed by atoms with Crippen LogP contribution >= 0.6 is 0 Å². The third-order valence-electron chi connectivity index (χ3n) is 2.89. The molecule has 0 aromatic heterocycles. The van der Waals surface area contributed by atoms with E-state index in [0.29, 0.717) is 13.0 Å². The number of rotatable bonds is 12. The fourth-order valence-corrected chi connectivity index (χ4v) is 1.55. The van der Waals surface area contributed by atoms with Crippen LogP contribution < -0.4 is 0 Å². The number of hydrogen-bond donors (Lipinski definition) is 2. The molecule has 5 heteroatoms. The highest BCUT2D eigenvalue weighted by Gasteiger charge is 1.99. The van der Waals surface area contributed by atoms with Crippen LogP contribution in [0.4, 0.5) is 0 Å². The second-order valence-corrected chi connectivity index (χ2v) is 5.55. The van der Waals surface area contributed by atoms with Crippen molar-refractivity contribution in [2.45, 2.75) is 92.1 Å². The predicted molar refractivity (Wildman–Crippen MR) is 100 cm³/mol. The zero-order valence-electron chi connectivity index (χ0n) is 16.7. The molecule has 24 heavy (non-hydrogen) atoms. The molecule has 0 radical (unpaired) electrons. The van der Waals surface area contributed by atoms with Gasteiger partial charge in [0.15, 0.2) is 0 Å². The Morgan fingerprint density at radius 2 is 1.42 bits per heavy atom. The molecule has 0 aliphatic rings. The summed E-state index contributed by atoms with van der Waals surface area (Å²) in [7, 11) is 0. The Hall–Kier alpha value is -0.650. The van der Waals surface area contributed by atoms with Gasteiger partial charge in [-0.3, -0.25) is 4.79 Å². The van der Waals surface area contributed by atoms with E-state index in [9.17, 15) is 4.79 Å². The summed E-state index contributed by atoms with van der Waals surface area (Å²) in [5, 5.41) is 16.0. The van der Waals surface area contributed by atoms with Crippen LogP contribution in [0, 0.1) is 0 Å². The summed E-state index contributed by atoms with van der Waals surface area (Å²) >= 11 is 0. The monoisotopic (exact) mass is 350 g/mol. The third-order valence-corrected chi connectivity index (χ3v) is 2.89. The van der Waals surface area contributed by atoms with Crippen molar-refractivity contribution < 1.29 is 24.5 Å². The molecule has 0 heterocycles. The Kier molecular flexibility index (Phi) is 31.9. The molecule has 1 unspecified atom stereocenters. The fourth-order valence-electron chi connectivity index (χ4n) is 1.55. The highest BCUT2D eigenvalue weighted by atomic mass is 16.5. The Morgan fingerprint density at radius 1 is 0.917 bits per heavy atom. The van der Waals surface area contributed by atoms with Crippen LogP contribution in [0.2, 0.25) is 0 Å². The van der Waals surface area contributed by atoms with Crippen molar-refractivity contribution in [3.63, 3.8) is 0 Å². The quantitative estimate of drug-likeness (QED) is 0.409. The zero-order chi connectivity index (χ0) is 19.1. The zero-order valence-corrected chi connectivity index (χ0v) is 16.7. The third kappa shape index (κ3) is 37.5. The maximum atomic E-state index is 11.0. The van der Waals surface area contributed by atoms with Gasteiger partial charge in [-0.25, -0.2) is 0 Å². The van der Waals surface area contributed by atoms with Gasteiger partial charge in [0.25, 0.3) is 0 Å². The van der Waals surface area contributed by atoms with Crippen LogP contribution in [-0.4, -0.2) is 48.7 Å². The van der Waals surface area contributed by atoms with E-state index in [0.717, 1.165) is 26.1 Å². The number of carbonyl (C=O) groups excluding carboxylic acids is 1. The molecular formula is C19H42O5. The molecule has 0 aromatic carbocycles. The molecule has 0 amide bonds. The van der Waals surface area contributed by atoms with E-state index in [1.807, 2.05) is 20.8 Å². The van der Waals surface area contributed by atoms with Crippen molar-refractivity contribution in [2.24, 2.45) is 0 Å². The predicted octanol–water partition coefficient (Wildman–Crippen LogP) is 4.09. The lowest BCUT2D eigenvalue weighted by Crippen LogP contribution is -2.04. The van der Waals surface area contributed by atoms with Crippen LogP contribution in [-0.2, 0) is 14.3 Å². The largest absolute Gasteiger partial charge is 0.466 e. The SMILES string of the molecule is CC(O)CO.CCCCCCCCOC(=O)CCC.CCOCC. The molecule has 5 nitrogen and oxygen atoms in total. The second-order valence-electron chi connectivity index (χ2n) is 5.55. The minimum atomic E-state index is -0.560. The number of aliphatic hydroxyl groups excluding tert-OH is 2. The first-order valence-electron chi connectivity index (χ1n) is 9.52. The van der Waals surface area contributed by atoms with E-state index in [4.69, 9.17) is 19.7 Å². The molecule has 0 aliphatic carbocycles. The van der Waals surface area contributed by atoms with Gasteiger partial charge in [0.1, 0.15) is 0 Å². The highest BCUT2D eigenvalue weighted by molar-refractivity contribution is 5.69. The average Bonchev–Trinajstić information content (AvgIpc) is 2.56. The van der Waals surface area contributed by atoms with Crippen LogP contribution in [0.25, 0.3) is 0 Å². The number of esters is 1. The Balaban J connectivity index is -0.000000361. The van der Waals surface area contributed by atoms with Crippen molar-refractivity contribution in [1.29, 1.82) is 0 Å². The number of carbonyl (C=O) groups is 1. The summed E-state index contributed by atoms with van der Waals surface area (Å²) < 4.78 is 9.88. The van der Waals surface area contributed by atoms with Gasteiger partial charge >= 0.3 is 5.97 Å². The van der Waals surface area contributed by atoms with Gasteiger partial charge in [-0.2, -0.15) is 0 Å². The minimum Gasteiger partial charge on any atom is -0.466 e. The van der Waals surface area contributed by atoms with Crippen molar-refractivity contribution >= 4 is 5.97 Å². The van der Waals surface area contributed by atoms with E-state index in [1.165, 1.54) is 39.0 Å². The summed E-state index contributed by atoms with van der Waals surface area (Å²) in [4.78, 5) is 11.0. The first-order valence-corrected chi connectivity index (χ1v) is 9.52. The van der Waals surface area contributed by atoms with Gasteiger partial charge in [-0.1, -0.05) is 46.0 Å². The number of unbranched alkanes of at least 4 members (excludes halogenated alkanes) is 5. The summed E-state index contributed by atoms with van der Waals surface area (Å²) in [5.74, 6) is -0.0407. The topological polar surface area (TPSA) is 76.0 Å². The minimum absolute atomic E-state index is 0.0407. The lowest BCUT2D eigenvalue weighted by atomic mass is 10.1. The fraction of sp³-hybridized carbons (Fsp3) is 0.947. The molecule has 0 fully saturated rings. The standard InChI is InChI=1S/C12H24O2.C4H10O.C3H8O2/c1-3-5-6-7-8-9-11-14-12(13)10-4-2;1-3-5-4-2;1-3(5)2-4/h3-11H2,1-2H3;3-4H2,1-2H3;3-5H,2H2,1H3. The van der Waals surface area contributed by atoms with Gasteiger partial charge in [0, 0.05) is 19.6 Å². The number of aliphatic hydroxyl groups is 2. The van der Waals surface area contributed by atoms with Gasteiger partial charge in [-0.15, -0.1) is 0 Å². The smallest absolute Gasteiger partial charge is 0.305 e. The van der Waals surface area contributed by atoms with E-state index in [2.05, 4.69) is 6.92 Å². The first-order chi connectivity index (χ1) is 11.5. The lowest BCUT2D eigenvalue weighted by molar-refractivity contribution is -0.143. The molecule has 1 atom stereocenters. The maximum Gasteiger partial charge on any atom is 0.305 e. The highest BCUT2D eigenvalue weighted by Crippen LogP contribution is 2.05.